The second-order valence-electron chi connectivity index (χ2n) is 3.94. The molecule has 0 aromatic rings. The summed E-state index contributed by atoms with van der Waals surface area (Å²) in [7, 11) is 0. The van der Waals surface area contributed by atoms with Crippen LogP contribution in [0, 0.1) is 17.2 Å². The minimum absolute atomic E-state index is 0. The molecule has 16 heavy (non-hydrogen) atoms. The molecule has 0 saturated heterocycles. The van der Waals surface area contributed by atoms with Gasteiger partial charge in [0, 0.05) is 11.9 Å². The number of nitrogens with zero attached hydrogens (tertiary/aromatic N) is 1. The van der Waals surface area contributed by atoms with Gasteiger partial charge in [0.25, 0.3) is 0 Å². The summed E-state index contributed by atoms with van der Waals surface area (Å²) in [6.45, 7) is 2.12. The summed E-state index contributed by atoms with van der Waals surface area (Å²) in [6, 6.07) is 2.31. The Labute approximate surface area is 98.2 Å². The van der Waals surface area contributed by atoms with Gasteiger partial charge in [-0.1, -0.05) is 32.6 Å². The first-order valence-corrected chi connectivity index (χ1v) is 5.80. The summed E-state index contributed by atoms with van der Waals surface area (Å²) in [5, 5.41) is 19.0. The Morgan fingerprint density at radius 2 is 1.88 bits per heavy atom. The number of carbonyl (C=O) groups excluding carboxylic acids is 1. The molecule has 0 aromatic heterocycles. The molecule has 0 aliphatic carbocycles. The van der Waals surface area contributed by atoms with Gasteiger partial charge in [0.2, 0.25) is 0 Å². The number of carbonyl (C=O) groups is 1. The minimum Gasteiger partial charge on any atom is -0.550 e. The van der Waals surface area contributed by atoms with E-state index in [1.807, 2.05) is 0 Å². The Bertz CT molecular complexity index is 212. The van der Waals surface area contributed by atoms with E-state index in [0.717, 1.165) is 38.5 Å². The summed E-state index contributed by atoms with van der Waals surface area (Å²) in [4.78, 5) is 10.1. The van der Waals surface area contributed by atoms with Crippen molar-refractivity contribution in [2.45, 2.75) is 58.3 Å². The largest absolute Gasteiger partial charge is 0.550 e. The monoisotopic (exact) mass is 228 g/mol. The lowest BCUT2D eigenvalue weighted by Gasteiger charge is -2.07. The van der Waals surface area contributed by atoms with Crippen LogP contribution in [-0.4, -0.2) is 5.97 Å². The summed E-state index contributed by atoms with van der Waals surface area (Å²) in [5.41, 5.74) is 0. The van der Waals surface area contributed by atoms with E-state index in [2.05, 4.69) is 13.0 Å². The maximum atomic E-state index is 10.1. The number of rotatable bonds is 9. The zero-order valence-electron chi connectivity index (χ0n) is 10.5. The van der Waals surface area contributed by atoms with Crippen LogP contribution >= 0.6 is 0 Å². The van der Waals surface area contributed by atoms with Crippen LogP contribution in [0.4, 0.5) is 0 Å². The topological polar surface area (TPSA) is 100 Å². The molecule has 0 saturated carbocycles. The smallest absolute Gasteiger partial charge is 0.0655 e. The number of carboxylic acid groups (broad SMARTS) is 1. The third-order valence-corrected chi connectivity index (χ3v) is 2.52. The van der Waals surface area contributed by atoms with E-state index in [1.165, 1.54) is 0 Å². The molecule has 0 aromatic carbocycles. The van der Waals surface area contributed by atoms with Crippen molar-refractivity contribution in [2.75, 3.05) is 0 Å². The molecule has 4 N–H and O–H groups in total. The van der Waals surface area contributed by atoms with Gasteiger partial charge in [-0.05, 0) is 25.7 Å². The van der Waals surface area contributed by atoms with E-state index in [-0.39, 0.29) is 18.5 Å². The van der Waals surface area contributed by atoms with Crippen LogP contribution in [0.15, 0.2) is 0 Å². The van der Waals surface area contributed by atoms with E-state index in [9.17, 15) is 9.90 Å². The molecule has 1 atom stereocenters. The fourth-order valence-corrected chi connectivity index (χ4v) is 1.56. The molecule has 0 radical (unpaired) electrons. The van der Waals surface area contributed by atoms with Crippen molar-refractivity contribution in [1.29, 1.82) is 5.26 Å². The van der Waals surface area contributed by atoms with Gasteiger partial charge in [0.05, 0.1) is 6.07 Å². The molecular weight excluding hydrogens is 204 g/mol. The first kappa shape index (κ1) is 17.3. The van der Waals surface area contributed by atoms with Crippen molar-refractivity contribution < 1.29 is 9.90 Å². The van der Waals surface area contributed by atoms with E-state index < -0.39 is 5.97 Å². The SMILES string of the molecule is CCCCC(C#N)CCCCCC(=O)[O-].[NH4+]. The molecule has 0 bridgehead atoms. The van der Waals surface area contributed by atoms with Crippen molar-refractivity contribution in [3.63, 3.8) is 0 Å². The molecule has 1 unspecified atom stereocenters. The van der Waals surface area contributed by atoms with Gasteiger partial charge in [-0.3, -0.25) is 0 Å². The number of hydrogen-bond acceptors (Lipinski definition) is 3. The van der Waals surface area contributed by atoms with Crippen LogP contribution in [-0.2, 0) is 4.79 Å². The third-order valence-electron chi connectivity index (χ3n) is 2.52. The number of quaternary nitrogens is 1. The van der Waals surface area contributed by atoms with Gasteiger partial charge >= 0.3 is 0 Å². The van der Waals surface area contributed by atoms with Gasteiger partial charge in [-0.2, -0.15) is 5.26 Å². The van der Waals surface area contributed by atoms with Gasteiger partial charge in [-0.15, -0.1) is 0 Å². The Morgan fingerprint density at radius 3 is 2.38 bits per heavy atom. The molecular formula is C12H24N2O2. The van der Waals surface area contributed by atoms with Crippen molar-refractivity contribution in [1.82, 2.24) is 6.15 Å². The van der Waals surface area contributed by atoms with Gasteiger partial charge in [-0.25, -0.2) is 0 Å². The summed E-state index contributed by atoms with van der Waals surface area (Å²) in [5.74, 6) is -0.814. The van der Waals surface area contributed by atoms with Crippen molar-refractivity contribution in [3.8, 4) is 6.07 Å². The highest BCUT2D eigenvalue weighted by atomic mass is 16.4. The van der Waals surface area contributed by atoms with E-state index in [0.29, 0.717) is 6.42 Å². The fraction of sp³-hybridized carbons (Fsp3) is 0.833. The highest BCUT2D eigenvalue weighted by Gasteiger charge is 2.05. The Hall–Kier alpha value is -1.08. The van der Waals surface area contributed by atoms with Crippen molar-refractivity contribution in [3.05, 3.63) is 0 Å². The summed E-state index contributed by atoms with van der Waals surface area (Å²) in [6.07, 6.45) is 6.78. The molecule has 0 aliphatic rings. The lowest BCUT2D eigenvalue weighted by atomic mass is 9.97. The quantitative estimate of drug-likeness (QED) is 0.613. The Morgan fingerprint density at radius 1 is 1.25 bits per heavy atom. The zero-order chi connectivity index (χ0) is 11.5. The van der Waals surface area contributed by atoms with E-state index >= 15 is 0 Å². The van der Waals surface area contributed by atoms with E-state index in [1.54, 1.807) is 0 Å². The standard InChI is InChI=1S/C12H21NO2.H3N/c1-2-3-7-11(10-13)8-5-4-6-9-12(14)15;/h11H,2-9H2,1H3,(H,14,15);1H3. The first-order chi connectivity index (χ1) is 7.20. The average Bonchev–Trinajstić information content (AvgIpc) is 2.21. The number of unbranched alkanes of at least 4 members (excludes halogenated alkanes) is 3. The highest BCUT2D eigenvalue weighted by Crippen LogP contribution is 2.16. The second-order valence-corrected chi connectivity index (χ2v) is 3.94. The van der Waals surface area contributed by atoms with Crippen molar-refractivity contribution >= 4 is 5.97 Å². The molecule has 4 heteroatoms. The molecule has 0 heterocycles. The molecule has 0 aliphatic heterocycles. The third kappa shape index (κ3) is 11.0. The summed E-state index contributed by atoms with van der Waals surface area (Å²) < 4.78 is 0. The number of aliphatic carboxylic acids is 1. The molecule has 0 spiro atoms. The predicted octanol–water partition coefficient (Wildman–Crippen LogP) is 2.39. The maximum absolute atomic E-state index is 10.1. The van der Waals surface area contributed by atoms with Crippen molar-refractivity contribution in [2.24, 2.45) is 5.92 Å². The number of hydrogen-bond donors (Lipinski definition) is 1. The van der Waals surface area contributed by atoms with Crippen LogP contribution in [0.1, 0.15) is 58.3 Å². The van der Waals surface area contributed by atoms with Crippen LogP contribution < -0.4 is 11.3 Å². The Kier molecular flexibility index (Phi) is 13.0. The van der Waals surface area contributed by atoms with Gasteiger partial charge in [0.1, 0.15) is 0 Å². The lowest BCUT2D eigenvalue weighted by Crippen LogP contribution is -2.21. The first-order valence-electron chi connectivity index (χ1n) is 5.80. The molecule has 0 amide bonds. The molecule has 94 valence electrons. The Balaban J connectivity index is 0. The molecule has 0 fully saturated rings. The highest BCUT2D eigenvalue weighted by molar-refractivity contribution is 5.63. The van der Waals surface area contributed by atoms with E-state index in [4.69, 9.17) is 5.26 Å². The van der Waals surface area contributed by atoms with Gasteiger partial charge in [0.15, 0.2) is 0 Å². The second kappa shape index (κ2) is 12.0. The lowest BCUT2D eigenvalue weighted by molar-refractivity contribution is -0.305. The van der Waals surface area contributed by atoms with Gasteiger partial charge < -0.3 is 16.1 Å². The average molecular weight is 228 g/mol. The summed E-state index contributed by atoms with van der Waals surface area (Å²) >= 11 is 0. The fourth-order valence-electron chi connectivity index (χ4n) is 1.56. The van der Waals surface area contributed by atoms with Crippen LogP contribution in [0.5, 0.6) is 0 Å². The number of nitriles is 1. The number of carboxylic acids is 1. The van der Waals surface area contributed by atoms with Crippen LogP contribution in [0.25, 0.3) is 0 Å². The predicted molar refractivity (Wildman–Crippen MR) is 62.7 cm³/mol. The zero-order valence-corrected chi connectivity index (χ0v) is 10.5. The minimum atomic E-state index is -0.974. The molecule has 4 nitrogen and oxygen atoms in total. The maximum Gasteiger partial charge on any atom is 0.0655 e. The van der Waals surface area contributed by atoms with Crippen LogP contribution in [0.2, 0.25) is 0 Å². The van der Waals surface area contributed by atoms with Crippen LogP contribution in [0.3, 0.4) is 0 Å². The molecule has 0 rings (SSSR count). The normalized spacial score (nSPS) is 11.2.